The lowest BCUT2D eigenvalue weighted by Crippen LogP contribution is -2.38. The van der Waals surface area contributed by atoms with E-state index in [-0.39, 0.29) is 5.56 Å². The van der Waals surface area contributed by atoms with Crippen molar-refractivity contribution in [1.29, 1.82) is 0 Å². The largest absolute Gasteiger partial charge is 0.337 e. The summed E-state index contributed by atoms with van der Waals surface area (Å²) in [6, 6.07) is 17.7. The van der Waals surface area contributed by atoms with E-state index in [9.17, 15) is 4.79 Å². The number of hydrogen-bond acceptors (Lipinski definition) is 3. The molecule has 0 saturated heterocycles. The molecule has 3 aromatic rings. The molecule has 114 valence electrons. The highest BCUT2D eigenvalue weighted by Gasteiger charge is 2.24. The number of rotatable bonds is 1. The first-order valence-electron chi connectivity index (χ1n) is 7.27. The van der Waals surface area contributed by atoms with Crippen molar-refractivity contribution in [1.82, 2.24) is 9.78 Å². The molecule has 23 heavy (non-hydrogen) atoms. The maximum absolute atomic E-state index is 12.9. The van der Waals surface area contributed by atoms with Gasteiger partial charge >= 0.3 is 0 Å². The maximum atomic E-state index is 12.9. The average molecular weight is 321 g/mol. The van der Waals surface area contributed by atoms with Crippen molar-refractivity contribution in [2.24, 2.45) is 0 Å². The predicted molar refractivity (Wildman–Crippen MR) is 95.3 cm³/mol. The molecule has 0 spiro atoms. The minimum Gasteiger partial charge on any atom is -0.337 e. The van der Waals surface area contributed by atoms with Crippen LogP contribution in [0.4, 0.5) is 5.69 Å². The molecule has 0 radical (unpaired) electrons. The summed E-state index contributed by atoms with van der Waals surface area (Å²) in [6.45, 7) is 4.03. The summed E-state index contributed by atoms with van der Waals surface area (Å²) in [5.74, 6) is 0. The van der Waals surface area contributed by atoms with Crippen LogP contribution in [0.3, 0.4) is 0 Å². The molecule has 0 unspecified atom stereocenters. The number of fused-ring (bicyclic) bond motifs is 1. The van der Waals surface area contributed by atoms with Crippen molar-refractivity contribution in [2.45, 2.75) is 4.90 Å². The van der Waals surface area contributed by atoms with E-state index in [0.29, 0.717) is 10.6 Å². The van der Waals surface area contributed by atoms with Gasteiger partial charge in [0.25, 0.3) is 5.56 Å². The Bertz CT molecular complexity index is 1050. The SMILES string of the molecule is C=c1[nH]n(-c2ccccc2)c(=O)c1=C1Sc2ccccc2N1C. The first-order valence-corrected chi connectivity index (χ1v) is 8.09. The fraction of sp³-hybridized carbons (Fsp3) is 0.0556. The number of H-pyrrole nitrogens is 1. The van der Waals surface area contributed by atoms with Gasteiger partial charge in [-0.3, -0.25) is 9.89 Å². The second-order valence-corrected chi connectivity index (χ2v) is 6.41. The quantitative estimate of drug-likeness (QED) is 0.744. The molecule has 1 aliphatic rings. The fourth-order valence-electron chi connectivity index (χ4n) is 2.78. The van der Waals surface area contributed by atoms with E-state index in [2.05, 4.69) is 28.7 Å². The van der Waals surface area contributed by atoms with Crippen LogP contribution < -0.4 is 21.0 Å². The zero-order valence-corrected chi connectivity index (χ0v) is 13.4. The summed E-state index contributed by atoms with van der Waals surface area (Å²) in [4.78, 5) is 16.1. The fourth-order valence-corrected chi connectivity index (χ4v) is 4.00. The lowest BCUT2D eigenvalue weighted by Gasteiger charge is -2.12. The van der Waals surface area contributed by atoms with Crippen molar-refractivity contribution in [3.8, 4) is 5.69 Å². The number of aromatic nitrogens is 2. The first-order chi connectivity index (χ1) is 11.2. The molecular weight excluding hydrogens is 306 g/mol. The minimum atomic E-state index is -0.0802. The van der Waals surface area contributed by atoms with Gasteiger partial charge in [0.2, 0.25) is 0 Å². The van der Waals surface area contributed by atoms with Crippen LogP contribution in [0.2, 0.25) is 0 Å². The predicted octanol–water partition coefficient (Wildman–Crippen LogP) is 1.88. The number of anilines is 1. The third kappa shape index (κ3) is 2.12. The molecule has 0 bridgehead atoms. The van der Waals surface area contributed by atoms with E-state index < -0.39 is 0 Å². The highest BCUT2D eigenvalue weighted by atomic mass is 32.2. The van der Waals surface area contributed by atoms with Crippen LogP contribution in [-0.2, 0) is 0 Å². The van der Waals surface area contributed by atoms with Crippen LogP contribution in [-0.4, -0.2) is 16.8 Å². The highest BCUT2D eigenvalue weighted by Crippen LogP contribution is 2.44. The molecule has 2 aromatic carbocycles. The third-order valence-corrected chi connectivity index (χ3v) is 5.17. The highest BCUT2D eigenvalue weighted by molar-refractivity contribution is 8.08. The summed E-state index contributed by atoms with van der Waals surface area (Å²) < 4.78 is 1.54. The number of aromatic amines is 1. The maximum Gasteiger partial charge on any atom is 0.281 e. The van der Waals surface area contributed by atoms with Crippen LogP contribution in [0.5, 0.6) is 0 Å². The normalized spacial score (nSPS) is 15.8. The number of nitrogens with one attached hydrogen (secondary N) is 1. The van der Waals surface area contributed by atoms with Crippen LogP contribution in [0.15, 0.2) is 64.3 Å². The Balaban J connectivity index is 1.97. The molecule has 1 aliphatic heterocycles. The molecule has 1 aromatic heterocycles. The smallest absolute Gasteiger partial charge is 0.281 e. The van der Waals surface area contributed by atoms with Crippen molar-refractivity contribution in [3.05, 3.63) is 75.5 Å². The van der Waals surface area contributed by atoms with Crippen molar-refractivity contribution >= 4 is 29.1 Å². The van der Waals surface area contributed by atoms with E-state index in [0.717, 1.165) is 21.3 Å². The minimum absolute atomic E-state index is 0.0802. The number of benzene rings is 2. The Morgan fingerprint density at radius 3 is 2.48 bits per heavy atom. The van der Waals surface area contributed by atoms with Gasteiger partial charge in [-0.05, 0) is 24.3 Å². The molecule has 4 rings (SSSR count). The lowest BCUT2D eigenvalue weighted by molar-refractivity contribution is 0.838. The zero-order valence-electron chi connectivity index (χ0n) is 12.6. The van der Waals surface area contributed by atoms with Gasteiger partial charge in [0.05, 0.1) is 27.0 Å². The van der Waals surface area contributed by atoms with E-state index in [1.807, 2.05) is 49.5 Å². The van der Waals surface area contributed by atoms with Gasteiger partial charge in [-0.1, -0.05) is 48.7 Å². The van der Waals surface area contributed by atoms with E-state index in [1.165, 1.54) is 0 Å². The molecule has 0 atom stereocenters. The van der Waals surface area contributed by atoms with Crippen molar-refractivity contribution in [2.75, 3.05) is 11.9 Å². The standard InChI is InChI=1S/C18H15N3OS/c1-12-16(17(22)21(19-12)13-8-4-3-5-9-13)18-20(2)14-10-6-7-11-15(14)23-18/h3-11,19H,1H2,2H3. The van der Waals surface area contributed by atoms with Crippen LogP contribution in [0.25, 0.3) is 17.3 Å². The summed E-state index contributed by atoms with van der Waals surface area (Å²) in [6.07, 6.45) is 0. The van der Waals surface area contributed by atoms with Crippen LogP contribution in [0, 0.1) is 0 Å². The topological polar surface area (TPSA) is 41.0 Å². The van der Waals surface area contributed by atoms with E-state index in [1.54, 1.807) is 16.4 Å². The van der Waals surface area contributed by atoms with E-state index >= 15 is 0 Å². The monoisotopic (exact) mass is 321 g/mol. The van der Waals surface area contributed by atoms with Crippen LogP contribution in [0.1, 0.15) is 0 Å². The van der Waals surface area contributed by atoms with Gasteiger partial charge in [0.1, 0.15) is 0 Å². The van der Waals surface area contributed by atoms with E-state index in [4.69, 9.17) is 0 Å². The second kappa shape index (κ2) is 5.21. The molecule has 4 nitrogen and oxygen atoms in total. The number of nitrogens with zero attached hydrogens (tertiary/aromatic N) is 2. The van der Waals surface area contributed by atoms with Gasteiger partial charge in [-0.2, -0.15) is 0 Å². The Morgan fingerprint density at radius 2 is 1.74 bits per heavy atom. The van der Waals surface area contributed by atoms with Crippen LogP contribution >= 0.6 is 11.8 Å². The van der Waals surface area contributed by atoms with Crippen molar-refractivity contribution in [3.63, 3.8) is 0 Å². The molecule has 5 heteroatoms. The number of thioether (sulfide) groups is 1. The zero-order chi connectivity index (χ0) is 16.0. The summed E-state index contributed by atoms with van der Waals surface area (Å²) in [5.41, 5.74) is 1.83. The average Bonchev–Trinajstić information content (AvgIpc) is 3.05. The Labute approximate surface area is 137 Å². The van der Waals surface area contributed by atoms with Crippen molar-refractivity contribution < 1.29 is 0 Å². The van der Waals surface area contributed by atoms with Gasteiger partial charge in [-0.25, -0.2) is 4.68 Å². The third-order valence-electron chi connectivity index (χ3n) is 3.93. The Hall–Kier alpha value is -2.66. The van der Waals surface area contributed by atoms with Gasteiger partial charge < -0.3 is 4.90 Å². The van der Waals surface area contributed by atoms with Gasteiger partial charge in [0, 0.05) is 11.9 Å². The molecule has 0 fully saturated rings. The first kappa shape index (κ1) is 14.0. The lowest BCUT2D eigenvalue weighted by atomic mass is 10.3. The molecule has 0 amide bonds. The summed E-state index contributed by atoms with van der Waals surface area (Å²) >= 11 is 1.60. The summed E-state index contributed by atoms with van der Waals surface area (Å²) in [7, 11) is 1.98. The molecule has 0 aliphatic carbocycles. The number of para-hydroxylation sites is 2. The molecule has 2 heterocycles. The Morgan fingerprint density at radius 1 is 1.04 bits per heavy atom. The van der Waals surface area contributed by atoms with Gasteiger partial charge in [0.15, 0.2) is 0 Å². The molecule has 0 saturated carbocycles. The summed E-state index contributed by atoms with van der Waals surface area (Å²) in [5, 5.41) is 5.24. The van der Waals surface area contributed by atoms with Gasteiger partial charge in [-0.15, -0.1) is 0 Å². The Kier molecular flexibility index (Phi) is 3.16. The molecule has 1 N–H and O–H groups in total. The number of hydrogen-bond donors (Lipinski definition) is 1. The second-order valence-electron chi connectivity index (χ2n) is 5.38. The molecular formula is C18H15N3OS.